The highest BCUT2D eigenvalue weighted by Crippen LogP contribution is 2.30. The number of rotatable bonds is 5. The van der Waals surface area contributed by atoms with Crippen LogP contribution in [0.3, 0.4) is 0 Å². The van der Waals surface area contributed by atoms with Crippen molar-refractivity contribution in [1.29, 1.82) is 0 Å². The van der Waals surface area contributed by atoms with Gasteiger partial charge in [-0.15, -0.1) is 0 Å². The number of aromatic nitrogens is 4. The minimum atomic E-state index is -4.42. The predicted octanol–water partition coefficient (Wildman–Crippen LogP) is 3.51. The summed E-state index contributed by atoms with van der Waals surface area (Å²) in [6, 6.07) is 6.14. The van der Waals surface area contributed by atoms with Crippen LogP contribution in [0.25, 0.3) is 11.4 Å². The van der Waals surface area contributed by atoms with Crippen molar-refractivity contribution in [2.24, 2.45) is 5.92 Å². The number of halogens is 3. The molecule has 162 valence electrons. The molecule has 1 saturated heterocycles. The molecule has 31 heavy (non-hydrogen) atoms. The third-order valence-electron chi connectivity index (χ3n) is 4.94. The molecule has 8 nitrogen and oxygen atoms in total. The van der Waals surface area contributed by atoms with Gasteiger partial charge in [-0.3, -0.25) is 4.79 Å². The Kier molecular flexibility index (Phi) is 5.83. The van der Waals surface area contributed by atoms with Crippen molar-refractivity contribution in [2.45, 2.75) is 25.6 Å². The fraction of sp³-hybridized carbons (Fsp3) is 0.350. The lowest BCUT2D eigenvalue weighted by atomic mass is 9.97. The Morgan fingerprint density at radius 2 is 1.81 bits per heavy atom. The molecule has 4 rings (SSSR count). The molecule has 0 radical (unpaired) electrons. The summed E-state index contributed by atoms with van der Waals surface area (Å²) in [5.41, 5.74) is -0.399. The number of piperidine rings is 1. The zero-order valence-electron chi connectivity index (χ0n) is 16.2. The van der Waals surface area contributed by atoms with Crippen LogP contribution in [0.5, 0.6) is 0 Å². The Morgan fingerprint density at radius 3 is 2.45 bits per heavy atom. The summed E-state index contributed by atoms with van der Waals surface area (Å²) in [7, 11) is 0. The van der Waals surface area contributed by atoms with Crippen LogP contribution in [0.4, 0.5) is 19.1 Å². The molecular formula is C20H18F3N5O3. The molecule has 0 saturated carbocycles. The van der Waals surface area contributed by atoms with Gasteiger partial charge in [0.1, 0.15) is 0 Å². The molecule has 2 aromatic heterocycles. The van der Waals surface area contributed by atoms with Crippen LogP contribution in [0, 0.1) is 5.92 Å². The van der Waals surface area contributed by atoms with Gasteiger partial charge in [0.05, 0.1) is 11.5 Å². The van der Waals surface area contributed by atoms with Crippen LogP contribution in [0.2, 0.25) is 0 Å². The molecule has 11 heteroatoms. The molecule has 3 heterocycles. The number of carbonyl (C=O) groups excluding carboxylic acids is 1. The molecule has 0 unspecified atom stereocenters. The summed E-state index contributed by atoms with van der Waals surface area (Å²) in [6.45, 7) is 1.08. The van der Waals surface area contributed by atoms with Gasteiger partial charge in [0.15, 0.2) is 6.61 Å². The Labute approximate surface area is 175 Å². The molecule has 0 aliphatic carbocycles. The first kappa shape index (κ1) is 20.8. The Morgan fingerprint density at radius 1 is 1.13 bits per heavy atom. The molecule has 1 aromatic carbocycles. The van der Waals surface area contributed by atoms with E-state index in [-0.39, 0.29) is 30.2 Å². The maximum absolute atomic E-state index is 12.7. The van der Waals surface area contributed by atoms with Gasteiger partial charge in [0.25, 0.3) is 5.89 Å². The fourth-order valence-corrected chi connectivity index (χ4v) is 3.26. The van der Waals surface area contributed by atoms with E-state index >= 15 is 0 Å². The van der Waals surface area contributed by atoms with Crippen molar-refractivity contribution < 1.29 is 27.2 Å². The average molecular weight is 433 g/mol. The molecule has 0 spiro atoms. The smallest absolute Gasteiger partial charge is 0.416 e. The summed E-state index contributed by atoms with van der Waals surface area (Å²) in [5.74, 6) is 0.213. The standard InChI is InChI=1S/C20H18F3N5O3/c21-20(22,23)15-4-2-13(3-5-15)17-26-16(31-27-17)12-30-18(29)14-6-10-28(11-7-14)19-24-8-1-9-25-19/h1-5,8-9,14H,6-7,10-12H2. The quantitative estimate of drug-likeness (QED) is 0.565. The highest BCUT2D eigenvalue weighted by Gasteiger charge is 2.30. The van der Waals surface area contributed by atoms with E-state index < -0.39 is 11.7 Å². The van der Waals surface area contributed by atoms with E-state index in [1.165, 1.54) is 12.1 Å². The maximum atomic E-state index is 12.7. The van der Waals surface area contributed by atoms with E-state index in [0.717, 1.165) is 12.1 Å². The topological polar surface area (TPSA) is 94.2 Å². The molecule has 1 aliphatic heterocycles. The lowest BCUT2D eigenvalue weighted by Crippen LogP contribution is -2.37. The highest BCUT2D eigenvalue weighted by molar-refractivity contribution is 5.72. The summed E-state index contributed by atoms with van der Waals surface area (Å²) < 4.78 is 48.3. The minimum Gasteiger partial charge on any atom is -0.455 e. The van der Waals surface area contributed by atoms with E-state index in [1.807, 2.05) is 4.90 Å². The molecule has 1 aliphatic rings. The number of anilines is 1. The summed E-state index contributed by atoms with van der Waals surface area (Å²) in [5, 5.41) is 3.73. The van der Waals surface area contributed by atoms with Gasteiger partial charge in [-0.05, 0) is 31.0 Å². The van der Waals surface area contributed by atoms with Crippen LogP contribution in [0.15, 0.2) is 47.2 Å². The third-order valence-corrected chi connectivity index (χ3v) is 4.94. The fourth-order valence-electron chi connectivity index (χ4n) is 3.26. The second-order valence-electron chi connectivity index (χ2n) is 7.00. The van der Waals surface area contributed by atoms with Crippen molar-refractivity contribution in [3.8, 4) is 11.4 Å². The van der Waals surface area contributed by atoms with Crippen molar-refractivity contribution >= 4 is 11.9 Å². The van der Waals surface area contributed by atoms with Crippen molar-refractivity contribution in [2.75, 3.05) is 18.0 Å². The van der Waals surface area contributed by atoms with E-state index in [4.69, 9.17) is 9.26 Å². The van der Waals surface area contributed by atoms with Crippen LogP contribution in [0.1, 0.15) is 24.3 Å². The van der Waals surface area contributed by atoms with Crippen molar-refractivity contribution in [3.63, 3.8) is 0 Å². The molecule has 3 aromatic rings. The average Bonchev–Trinajstić information content (AvgIpc) is 3.27. The number of alkyl halides is 3. The lowest BCUT2D eigenvalue weighted by molar-refractivity contribution is -0.151. The zero-order chi connectivity index (χ0) is 21.8. The monoisotopic (exact) mass is 433 g/mol. The normalized spacial score (nSPS) is 15.1. The molecule has 1 fully saturated rings. The first-order valence-electron chi connectivity index (χ1n) is 9.59. The summed E-state index contributed by atoms with van der Waals surface area (Å²) >= 11 is 0. The second kappa shape index (κ2) is 8.70. The van der Waals surface area contributed by atoms with Gasteiger partial charge in [-0.25, -0.2) is 9.97 Å². The number of carbonyl (C=O) groups is 1. The minimum absolute atomic E-state index is 0.0679. The molecule has 0 bridgehead atoms. The van der Waals surface area contributed by atoms with E-state index in [0.29, 0.717) is 37.4 Å². The van der Waals surface area contributed by atoms with Crippen molar-refractivity contribution in [3.05, 3.63) is 54.2 Å². The summed E-state index contributed by atoms with van der Waals surface area (Å²) in [6.07, 6.45) is 0.146. The van der Waals surface area contributed by atoms with Gasteiger partial charge in [0, 0.05) is 31.0 Å². The van der Waals surface area contributed by atoms with Gasteiger partial charge in [-0.2, -0.15) is 18.2 Å². The van der Waals surface area contributed by atoms with Gasteiger partial charge in [0.2, 0.25) is 11.8 Å². The largest absolute Gasteiger partial charge is 0.455 e. The van der Waals surface area contributed by atoms with E-state index in [9.17, 15) is 18.0 Å². The first-order valence-corrected chi connectivity index (χ1v) is 9.59. The molecule has 0 N–H and O–H groups in total. The zero-order valence-corrected chi connectivity index (χ0v) is 16.2. The number of ether oxygens (including phenoxy) is 1. The van der Waals surface area contributed by atoms with Crippen LogP contribution >= 0.6 is 0 Å². The number of benzene rings is 1. The second-order valence-corrected chi connectivity index (χ2v) is 7.00. The lowest BCUT2D eigenvalue weighted by Gasteiger charge is -2.30. The maximum Gasteiger partial charge on any atom is 0.416 e. The van der Waals surface area contributed by atoms with Crippen molar-refractivity contribution in [1.82, 2.24) is 20.1 Å². The van der Waals surface area contributed by atoms with Gasteiger partial charge in [-0.1, -0.05) is 17.3 Å². The van der Waals surface area contributed by atoms with Crippen LogP contribution < -0.4 is 4.90 Å². The summed E-state index contributed by atoms with van der Waals surface area (Å²) in [4.78, 5) is 26.9. The first-order chi connectivity index (χ1) is 14.9. The van der Waals surface area contributed by atoms with E-state index in [2.05, 4.69) is 20.1 Å². The van der Waals surface area contributed by atoms with Crippen LogP contribution in [-0.2, 0) is 22.3 Å². The predicted molar refractivity (Wildman–Crippen MR) is 102 cm³/mol. The third kappa shape index (κ3) is 4.98. The number of nitrogens with zero attached hydrogens (tertiary/aromatic N) is 5. The van der Waals surface area contributed by atoms with E-state index in [1.54, 1.807) is 18.5 Å². The number of esters is 1. The molecule has 0 amide bonds. The molecular weight excluding hydrogens is 415 g/mol. The Bertz CT molecular complexity index is 1020. The Hall–Kier alpha value is -3.50. The Balaban J connectivity index is 1.28. The van der Waals surface area contributed by atoms with Gasteiger partial charge >= 0.3 is 12.1 Å². The number of hydrogen-bond acceptors (Lipinski definition) is 8. The highest BCUT2D eigenvalue weighted by atomic mass is 19.4. The molecule has 0 atom stereocenters. The van der Waals surface area contributed by atoms with Gasteiger partial charge < -0.3 is 14.2 Å². The SMILES string of the molecule is O=C(OCc1nc(-c2ccc(C(F)(F)F)cc2)no1)C1CCN(c2ncccn2)CC1. The van der Waals surface area contributed by atoms with Crippen LogP contribution in [-0.4, -0.2) is 39.2 Å². The number of hydrogen-bond donors (Lipinski definition) is 0.